The van der Waals surface area contributed by atoms with Crippen molar-refractivity contribution in [2.75, 3.05) is 0 Å². The zero-order chi connectivity index (χ0) is 12.3. The number of carboxylic acids is 1. The number of aliphatic carboxylic acids is 1. The van der Waals surface area contributed by atoms with Crippen LogP contribution in [0.1, 0.15) is 17.6 Å². The molecule has 0 aliphatic rings. The van der Waals surface area contributed by atoms with Crippen LogP contribution in [0, 0.1) is 10.1 Å². The number of nitrogens with zero attached hydrogens (tertiary/aromatic N) is 1. The smallest absolute Gasteiger partial charge is 0.307 e. The molecule has 0 amide bonds. The Balaban J connectivity index is 3.19. The van der Waals surface area contributed by atoms with E-state index in [0.29, 0.717) is 6.07 Å². The summed E-state index contributed by atoms with van der Waals surface area (Å²) in [7, 11) is 0. The fourth-order valence-corrected chi connectivity index (χ4v) is 1.22. The topological polar surface area (TPSA) is 80.4 Å². The highest BCUT2D eigenvalue weighted by molar-refractivity contribution is 5.71. The van der Waals surface area contributed by atoms with Crippen LogP contribution in [-0.4, -0.2) is 16.0 Å². The molecule has 0 saturated carbocycles. The van der Waals surface area contributed by atoms with Crippen LogP contribution in [0.25, 0.3) is 0 Å². The number of rotatable bonds is 4. The van der Waals surface area contributed by atoms with Crippen LogP contribution in [0.5, 0.6) is 0 Å². The number of hydrogen-bond donors (Lipinski definition) is 1. The summed E-state index contributed by atoms with van der Waals surface area (Å²) in [5, 5.41) is 18.8. The summed E-state index contributed by atoms with van der Waals surface area (Å²) in [6.45, 7) is 0. The molecule has 86 valence electrons. The minimum Gasteiger partial charge on any atom is -0.481 e. The highest BCUT2D eigenvalue weighted by Crippen LogP contribution is 2.27. The molecule has 0 atom stereocenters. The maximum atomic E-state index is 12.5. The van der Waals surface area contributed by atoms with Crippen molar-refractivity contribution in [3.8, 4) is 0 Å². The Bertz CT molecular complexity index is 434. The maximum absolute atomic E-state index is 12.5. The van der Waals surface area contributed by atoms with Crippen molar-refractivity contribution in [1.29, 1.82) is 0 Å². The van der Waals surface area contributed by atoms with E-state index in [1.165, 1.54) is 0 Å². The third kappa shape index (κ3) is 2.72. The first kappa shape index (κ1) is 12.0. The van der Waals surface area contributed by atoms with E-state index in [2.05, 4.69) is 0 Å². The van der Waals surface area contributed by atoms with Gasteiger partial charge in [0.1, 0.15) is 0 Å². The van der Waals surface area contributed by atoms with Gasteiger partial charge in [0.25, 0.3) is 12.1 Å². The van der Waals surface area contributed by atoms with Crippen molar-refractivity contribution in [2.24, 2.45) is 0 Å². The number of halogens is 2. The van der Waals surface area contributed by atoms with E-state index in [-0.39, 0.29) is 5.56 Å². The van der Waals surface area contributed by atoms with Gasteiger partial charge in [0.05, 0.1) is 11.3 Å². The highest BCUT2D eigenvalue weighted by Gasteiger charge is 2.18. The second-order valence-electron chi connectivity index (χ2n) is 3.01. The largest absolute Gasteiger partial charge is 0.481 e. The van der Waals surface area contributed by atoms with Crippen LogP contribution in [0.2, 0.25) is 0 Å². The number of benzene rings is 1. The third-order valence-corrected chi connectivity index (χ3v) is 1.92. The first-order valence-electron chi connectivity index (χ1n) is 4.19. The number of non-ortho nitro benzene ring substituents is 1. The number of nitro benzene ring substituents is 1. The van der Waals surface area contributed by atoms with Crippen molar-refractivity contribution in [3.05, 3.63) is 39.4 Å². The molecule has 1 rings (SSSR count). The molecule has 0 heterocycles. The summed E-state index contributed by atoms with van der Waals surface area (Å²) in [5.74, 6) is -1.27. The molecule has 0 fully saturated rings. The van der Waals surface area contributed by atoms with E-state index in [0.717, 1.165) is 12.1 Å². The van der Waals surface area contributed by atoms with Crippen molar-refractivity contribution in [3.63, 3.8) is 0 Å². The molecule has 0 spiro atoms. The van der Waals surface area contributed by atoms with Gasteiger partial charge < -0.3 is 5.11 Å². The zero-order valence-corrected chi connectivity index (χ0v) is 7.89. The van der Waals surface area contributed by atoms with Crippen molar-refractivity contribution in [2.45, 2.75) is 12.8 Å². The van der Waals surface area contributed by atoms with Crippen LogP contribution in [0.3, 0.4) is 0 Å². The fourth-order valence-electron chi connectivity index (χ4n) is 1.22. The van der Waals surface area contributed by atoms with E-state index >= 15 is 0 Å². The standard InChI is InChI=1S/C9H7F2NO4/c10-9(11)7-4-6(12(15)16)2-1-5(7)3-8(13)14/h1-2,4,9H,3H2,(H,13,14). The average molecular weight is 231 g/mol. The average Bonchev–Trinajstić information content (AvgIpc) is 2.16. The van der Waals surface area contributed by atoms with Crippen molar-refractivity contribution in [1.82, 2.24) is 0 Å². The molecular weight excluding hydrogens is 224 g/mol. The molecule has 5 nitrogen and oxygen atoms in total. The van der Waals surface area contributed by atoms with Crippen molar-refractivity contribution >= 4 is 11.7 Å². The zero-order valence-electron chi connectivity index (χ0n) is 7.89. The lowest BCUT2D eigenvalue weighted by Gasteiger charge is -2.06. The van der Waals surface area contributed by atoms with Gasteiger partial charge in [-0.3, -0.25) is 14.9 Å². The van der Waals surface area contributed by atoms with E-state index in [4.69, 9.17) is 5.11 Å². The summed E-state index contributed by atoms with van der Waals surface area (Å²) in [6.07, 6.45) is -3.52. The molecule has 0 bridgehead atoms. The van der Waals surface area contributed by atoms with Gasteiger partial charge >= 0.3 is 5.97 Å². The van der Waals surface area contributed by atoms with Crippen molar-refractivity contribution < 1.29 is 23.6 Å². The lowest BCUT2D eigenvalue weighted by atomic mass is 10.0. The van der Waals surface area contributed by atoms with Crippen LogP contribution in [0.4, 0.5) is 14.5 Å². The van der Waals surface area contributed by atoms with E-state index < -0.39 is 35.0 Å². The monoisotopic (exact) mass is 231 g/mol. The quantitative estimate of drug-likeness (QED) is 0.635. The number of alkyl halides is 2. The summed E-state index contributed by atoms with van der Waals surface area (Å²) in [4.78, 5) is 19.9. The molecule has 0 unspecified atom stereocenters. The molecular formula is C9H7F2NO4. The predicted molar refractivity (Wildman–Crippen MR) is 49.4 cm³/mol. The van der Waals surface area contributed by atoms with Gasteiger partial charge in [-0.15, -0.1) is 0 Å². The molecule has 16 heavy (non-hydrogen) atoms. The Hall–Kier alpha value is -2.05. The van der Waals surface area contributed by atoms with Gasteiger partial charge in [0.15, 0.2) is 0 Å². The fraction of sp³-hybridized carbons (Fsp3) is 0.222. The summed E-state index contributed by atoms with van der Waals surface area (Å²) < 4.78 is 25.0. The molecule has 1 aromatic carbocycles. The molecule has 0 aromatic heterocycles. The Labute approximate surface area is 88.5 Å². The Kier molecular flexibility index (Phi) is 3.49. The lowest BCUT2D eigenvalue weighted by molar-refractivity contribution is -0.385. The van der Waals surface area contributed by atoms with E-state index in [1.54, 1.807) is 0 Å². The molecule has 7 heteroatoms. The normalized spacial score (nSPS) is 10.4. The van der Waals surface area contributed by atoms with E-state index in [9.17, 15) is 23.7 Å². The van der Waals surface area contributed by atoms with Crippen LogP contribution >= 0.6 is 0 Å². The molecule has 0 aliphatic carbocycles. The number of carbonyl (C=O) groups is 1. The van der Waals surface area contributed by atoms with Gasteiger partial charge in [-0.05, 0) is 5.56 Å². The van der Waals surface area contributed by atoms with Gasteiger partial charge in [0.2, 0.25) is 0 Å². The molecule has 0 aliphatic heterocycles. The maximum Gasteiger partial charge on any atom is 0.307 e. The molecule has 0 saturated heterocycles. The Morgan fingerprint density at radius 2 is 2.12 bits per heavy atom. The molecule has 1 N–H and O–H groups in total. The summed E-state index contributed by atoms with van der Waals surface area (Å²) >= 11 is 0. The minimum absolute atomic E-state index is 0.117. The summed E-state index contributed by atoms with van der Waals surface area (Å²) in [6, 6.07) is 2.74. The number of nitro groups is 1. The third-order valence-electron chi connectivity index (χ3n) is 1.92. The summed E-state index contributed by atoms with van der Waals surface area (Å²) in [5.41, 5.74) is -1.21. The highest BCUT2D eigenvalue weighted by atomic mass is 19.3. The Morgan fingerprint density at radius 1 is 1.50 bits per heavy atom. The molecule has 0 radical (unpaired) electrons. The second-order valence-corrected chi connectivity index (χ2v) is 3.01. The van der Waals surface area contributed by atoms with E-state index in [1.807, 2.05) is 0 Å². The lowest BCUT2D eigenvalue weighted by Crippen LogP contribution is -2.04. The molecule has 1 aromatic rings. The number of carboxylic acid groups (broad SMARTS) is 1. The minimum atomic E-state index is -2.94. The van der Waals surface area contributed by atoms with Gasteiger partial charge in [-0.25, -0.2) is 8.78 Å². The van der Waals surface area contributed by atoms with Crippen LogP contribution in [-0.2, 0) is 11.2 Å². The SMILES string of the molecule is O=C(O)Cc1ccc([N+](=O)[O-])cc1C(F)F. The van der Waals surface area contributed by atoms with Gasteiger partial charge in [-0.1, -0.05) is 6.07 Å². The van der Waals surface area contributed by atoms with Crippen LogP contribution < -0.4 is 0 Å². The van der Waals surface area contributed by atoms with Gasteiger partial charge in [-0.2, -0.15) is 0 Å². The predicted octanol–water partition coefficient (Wildman–Crippen LogP) is 2.16. The first-order chi connectivity index (χ1) is 7.41. The van der Waals surface area contributed by atoms with Gasteiger partial charge in [0, 0.05) is 17.7 Å². The first-order valence-corrected chi connectivity index (χ1v) is 4.19. The number of hydrogen-bond acceptors (Lipinski definition) is 3. The van der Waals surface area contributed by atoms with Crippen LogP contribution in [0.15, 0.2) is 18.2 Å². The second kappa shape index (κ2) is 4.65. The Morgan fingerprint density at radius 3 is 2.56 bits per heavy atom.